The maximum Gasteiger partial charge on any atom is 0.340 e. The maximum absolute atomic E-state index is 12.9. The first-order chi connectivity index (χ1) is 15.6. The third-order valence-corrected chi connectivity index (χ3v) is 5.31. The van der Waals surface area contributed by atoms with Crippen molar-refractivity contribution in [1.82, 2.24) is 4.57 Å². The molecule has 0 fully saturated rings. The van der Waals surface area contributed by atoms with E-state index in [1.807, 2.05) is 93.6 Å². The van der Waals surface area contributed by atoms with Crippen molar-refractivity contribution in [2.75, 3.05) is 13.2 Å². The van der Waals surface area contributed by atoms with Gasteiger partial charge < -0.3 is 18.8 Å². The quantitative estimate of drug-likeness (QED) is 0.318. The number of nitrogens with zero attached hydrogens (tertiary/aromatic N) is 1. The van der Waals surface area contributed by atoms with E-state index in [-0.39, 0.29) is 5.97 Å². The highest BCUT2D eigenvalue weighted by atomic mass is 16.5. The Labute approximate surface area is 188 Å². The van der Waals surface area contributed by atoms with Gasteiger partial charge in [0, 0.05) is 16.8 Å². The van der Waals surface area contributed by atoms with E-state index in [4.69, 9.17) is 14.2 Å². The summed E-state index contributed by atoms with van der Waals surface area (Å²) in [6.07, 6.45) is 0. The number of ether oxygens (including phenoxy) is 3. The molecule has 0 N–H and O–H groups in total. The fraction of sp³-hybridized carbons (Fsp3) is 0.222. The predicted octanol–water partition coefficient (Wildman–Crippen LogP) is 6.09. The lowest BCUT2D eigenvalue weighted by Crippen LogP contribution is -2.07. The van der Waals surface area contributed by atoms with E-state index in [1.54, 1.807) is 0 Å². The van der Waals surface area contributed by atoms with E-state index in [9.17, 15) is 4.79 Å². The zero-order valence-electron chi connectivity index (χ0n) is 18.6. The van der Waals surface area contributed by atoms with Gasteiger partial charge in [-0.1, -0.05) is 30.3 Å². The molecule has 5 heteroatoms. The van der Waals surface area contributed by atoms with E-state index >= 15 is 0 Å². The van der Waals surface area contributed by atoms with E-state index in [1.165, 1.54) is 0 Å². The first-order valence-corrected chi connectivity index (χ1v) is 10.8. The van der Waals surface area contributed by atoms with Crippen LogP contribution in [0.1, 0.15) is 35.5 Å². The highest BCUT2D eigenvalue weighted by molar-refractivity contribution is 6.07. The lowest BCUT2D eigenvalue weighted by atomic mass is 10.1. The molecule has 0 saturated carbocycles. The Bertz CT molecular complexity index is 1210. The van der Waals surface area contributed by atoms with Crippen LogP contribution >= 0.6 is 0 Å². The monoisotopic (exact) mass is 429 g/mol. The fourth-order valence-electron chi connectivity index (χ4n) is 3.88. The topological polar surface area (TPSA) is 49.7 Å². The Balaban J connectivity index is 1.76. The van der Waals surface area contributed by atoms with Gasteiger partial charge in [-0.15, -0.1) is 0 Å². The van der Waals surface area contributed by atoms with Gasteiger partial charge in [0.15, 0.2) is 0 Å². The number of aromatic nitrogens is 1. The molecule has 0 aliphatic rings. The van der Waals surface area contributed by atoms with Crippen molar-refractivity contribution in [3.8, 4) is 17.2 Å². The molecule has 1 aromatic heterocycles. The molecule has 5 nitrogen and oxygen atoms in total. The van der Waals surface area contributed by atoms with Gasteiger partial charge in [-0.2, -0.15) is 0 Å². The Morgan fingerprint density at radius 3 is 2.25 bits per heavy atom. The summed E-state index contributed by atoms with van der Waals surface area (Å²) in [5.74, 6) is 1.18. The lowest BCUT2D eigenvalue weighted by molar-refractivity contribution is 0.0527. The van der Waals surface area contributed by atoms with Gasteiger partial charge in [0.25, 0.3) is 0 Å². The van der Waals surface area contributed by atoms with Crippen LogP contribution in [0.3, 0.4) is 0 Å². The molecule has 0 aliphatic carbocycles. The molecule has 0 aliphatic heterocycles. The van der Waals surface area contributed by atoms with Crippen LogP contribution in [0.5, 0.6) is 11.5 Å². The van der Waals surface area contributed by atoms with Crippen LogP contribution < -0.4 is 9.47 Å². The van der Waals surface area contributed by atoms with Crippen molar-refractivity contribution >= 4 is 16.9 Å². The Kier molecular flexibility index (Phi) is 6.45. The van der Waals surface area contributed by atoms with Crippen LogP contribution in [0.25, 0.3) is 16.6 Å². The summed E-state index contributed by atoms with van der Waals surface area (Å²) >= 11 is 0. The fourth-order valence-corrected chi connectivity index (χ4v) is 3.88. The summed E-state index contributed by atoms with van der Waals surface area (Å²) in [6, 6.07) is 23.7. The summed E-state index contributed by atoms with van der Waals surface area (Å²) < 4.78 is 19.0. The van der Waals surface area contributed by atoms with Crippen LogP contribution in [0.15, 0.2) is 72.8 Å². The van der Waals surface area contributed by atoms with Crippen LogP contribution in [0.2, 0.25) is 0 Å². The zero-order valence-corrected chi connectivity index (χ0v) is 18.6. The summed E-state index contributed by atoms with van der Waals surface area (Å²) in [7, 11) is 0. The molecule has 164 valence electrons. The van der Waals surface area contributed by atoms with Crippen molar-refractivity contribution in [3.05, 3.63) is 89.6 Å². The third-order valence-electron chi connectivity index (χ3n) is 5.31. The molecule has 0 unspecified atom stereocenters. The number of hydrogen-bond donors (Lipinski definition) is 0. The molecule has 4 aromatic rings. The van der Waals surface area contributed by atoms with E-state index in [2.05, 4.69) is 4.57 Å². The zero-order chi connectivity index (χ0) is 22.5. The van der Waals surface area contributed by atoms with Crippen molar-refractivity contribution in [2.24, 2.45) is 0 Å². The standard InChI is InChI=1S/C27H27NO4/c1-4-30-22-13-11-21(12-14-22)28-19(3)26(27(29)31-5-2)24-17-23(15-16-25(24)28)32-18-20-9-7-6-8-10-20/h6-17H,4-5,18H2,1-3H3. The highest BCUT2D eigenvalue weighted by Gasteiger charge is 2.22. The molecule has 0 saturated heterocycles. The molecule has 0 spiro atoms. The summed E-state index contributed by atoms with van der Waals surface area (Å²) in [4.78, 5) is 12.9. The van der Waals surface area contributed by atoms with E-state index < -0.39 is 0 Å². The van der Waals surface area contributed by atoms with Crippen LogP contribution in [0.4, 0.5) is 0 Å². The Morgan fingerprint density at radius 2 is 1.56 bits per heavy atom. The van der Waals surface area contributed by atoms with Crippen molar-refractivity contribution in [2.45, 2.75) is 27.4 Å². The highest BCUT2D eigenvalue weighted by Crippen LogP contribution is 2.33. The first-order valence-electron chi connectivity index (χ1n) is 10.8. The second-order valence-corrected chi connectivity index (χ2v) is 7.40. The van der Waals surface area contributed by atoms with Gasteiger partial charge in [0.2, 0.25) is 0 Å². The molecule has 4 rings (SSSR count). The predicted molar refractivity (Wildman–Crippen MR) is 126 cm³/mol. The SMILES string of the molecule is CCOC(=O)c1c(C)n(-c2ccc(OCC)cc2)c2ccc(OCc3ccccc3)cc12. The molecule has 1 heterocycles. The second kappa shape index (κ2) is 9.60. The van der Waals surface area contributed by atoms with Gasteiger partial charge in [0.05, 0.1) is 24.3 Å². The summed E-state index contributed by atoms with van der Waals surface area (Å²) in [5.41, 5.74) is 4.33. The largest absolute Gasteiger partial charge is 0.494 e. The average Bonchev–Trinajstić information content (AvgIpc) is 3.10. The third kappa shape index (κ3) is 4.33. The number of rotatable bonds is 8. The smallest absolute Gasteiger partial charge is 0.340 e. The van der Waals surface area contributed by atoms with Gasteiger partial charge in [-0.3, -0.25) is 0 Å². The molecule has 3 aromatic carbocycles. The van der Waals surface area contributed by atoms with Crippen LogP contribution in [0, 0.1) is 6.92 Å². The molecule has 0 amide bonds. The van der Waals surface area contributed by atoms with Gasteiger partial charge in [0.1, 0.15) is 18.1 Å². The van der Waals surface area contributed by atoms with Crippen molar-refractivity contribution < 1.29 is 19.0 Å². The number of carbonyl (C=O) groups excluding carboxylic acids is 1. The molecule has 0 bridgehead atoms. The lowest BCUT2D eigenvalue weighted by Gasteiger charge is -2.11. The Hall–Kier alpha value is -3.73. The van der Waals surface area contributed by atoms with Gasteiger partial charge >= 0.3 is 5.97 Å². The maximum atomic E-state index is 12.9. The van der Waals surface area contributed by atoms with Gasteiger partial charge in [-0.05, 0) is 68.8 Å². The molecule has 32 heavy (non-hydrogen) atoms. The summed E-state index contributed by atoms with van der Waals surface area (Å²) in [6.45, 7) is 7.10. The molecule has 0 radical (unpaired) electrons. The number of carbonyl (C=O) groups is 1. The Morgan fingerprint density at radius 1 is 0.844 bits per heavy atom. The number of benzene rings is 3. The van der Waals surface area contributed by atoms with E-state index in [0.29, 0.717) is 31.1 Å². The minimum Gasteiger partial charge on any atom is -0.494 e. The normalized spacial score (nSPS) is 10.8. The van der Waals surface area contributed by atoms with Crippen LogP contribution in [-0.2, 0) is 11.3 Å². The van der Waals surface area contributed by atoms with Gasteiger partial charge in [-0.25, -0.2) is 4.79 Å². The summed E-state index contributed by atoms with van der Waals surface area (Å²) in [5, 5.41) is 0.806. The van der Waals surface area contributed by atoms with Crippen molar-refractivity contribution in [1.29, 1.82) is 0 Å². The van der Waals surface area contributed by atoms with Crippen molar-refractivity contribution in [3.63, 3.8) is 0 Å². The van der Waals surface area contributed by atoms with Crippen LogP contribution in [-0.4, -0.2) is 23.8 Å². The number of hydrogen-bond acceptors (Lipinski definition) is 4. The molecule has 0 atom stereocenters. The number of fused-ring (bicyclic) bond motifs is 1. The molecular formula is C27H27NO4. The van der Waals surface area contributed by atoms with E-state index in [0.717, 1.165) is 33.6 Å². The molecular weight excluding hydrogens is 402 g/mol. The average molecular weight is 430 g/mol. The number of esters is 1. The first kappa shape index (κ1) is 21.5. The minimum atomic E-state index is -0.333. The second-order valence-electron chi connectivity index (χ2n) is 7.40. The minimum absolute atomic E-state index is 0.318.